The zero-order chi connectivity index (χ0) is 19.1. The lowest BCUT2D eigenvalue weighted by Crippen LogP contribution is -2.33. The van der Waals surface area contributed by atoms with Crippen LogP contribution in [0.3, 0.4) is 0 Å². The van der Waals surface area contributed by atoms with Crippen molar-refractivity contribution in [2.45, 2.75) is 13.0 Å². The normalized spacial score (nSPS) is 10.3. The summed E-state index contributed by atoms with van der Waals surface area (Å²) in [6.07, 6.45) is -0.335. The third-order valence-corrected chi connectivity index (χ3v) is 3.97. The maximum atomic E-state index is 13.2. The van der Waals surface area contributed by atoms with Gasteiger partial charge in [-0.2, -0.15) is 0 Å². The Morgan fingerprint density at radius 2 is 1.52 bits per heavy atom. The number of nitrogens with zero attached hydrogens (tertiary/aromatic N) is 1. The van der Waals surface area contributed by atoms with Crippen LogP contribution < -0.4 is 10.2 Å². The van der Waals surface area contributed by atoms with Crippen LogP contribution in [0.4, 0.5) is 15.8 Å². The van der Waals surface area contributed by atoms with Gasteiger partial charge >= 0.3 is 0 Å². The summed E-state index contributed by atoms with van der Waals surface area (Å²) in [5, 5.41) is 2.56. The molecule has 3 rings (SSSR count). The maximum Gasteiger partial charge on any atom is 0.236 e. The van der Waals surface area contributed by atoms with Gasteiger partial charge < -0.3 is 10.2 Å². The Morgan fingerprint density at radius 3 is 2.19 bits per heavy atom. The molecule has 5 heteroatoms. The van der Waals surface area contributed by atoms with Crippen LogP contribution in [0.2, 0.25) is 0 Å². The average Bonchev–Trinajstić information content (AvgIpc) is 2.67. The molecule has 0 aliphatic heterocycles. The van der Waals surface area contributed by atoms with Crippen molar-refractivity contribution in [3.8, 4) is 0 Å². The molecule has 0 fully saturated rings. The van der Waals surface area contributed by atoms with Gasteiger partial charge in [0.15, 0.2) is 0 Å². The van der Waals surface area contributed by atoms with E-state index in [9.17, 15) is 14.0 Å². The largest absolute Gasteiger partial charge is 0.326 e. The zero-order valence-electron chi connectivity index (χ0n) is 14.6. The van der Waals surface area contributed by atoms with E-state index in [1.165, 1.54) is 18.2 Å². The molecule has 1 N–H and O–H groups in total. The second-order valence-electron chi connectivity index (χ2n) is 6.04. The van der Waals surface area contributed by atoms with Crippen LogP contribution in [0, 0.1) is 5.82 Å². The first-order chi connectivity index (χ1) is 13.1. The molecule has 0 bridgehead atoms. The fourth-order valence-corrected chi connectivity index (χ4v) is 2.70. The number of para-hydroxylation sites is 1. The molecule has 0 aromatic heterocycles. The number of amides is 2. The van der Waals surface area contributed by atoms with Gasteiger partial charge in [-0.3, -0.25) is 9.59 Å². The number of carbonyl (C=O) groups excluding carboxylic acids is 2. The molecule has 3 aromatic rings. The van der Waals surface area contributed by atoms with Gasteiger partial charge in [-0.1, -0.05) is 54.6 Å². The maximum absolute atomic E-state index is 13.2. The number of nitrogens with one attached hydrogen (secondary N) is 1. The van der Waals surface area contributed by atoms with E-state index < -0.39 is 11.7 Å². The molecule has 0 radical (unpaired) electrons. The van der Waals surface area contributed by atoms with Crippen LogP contribution in [0.5, 0.6) is 0 Å². The van der Waals surface area contributed by atoms with Crippen molar-refractivity contribution >= 4 is 23.2 Å². The molecule has 2 amide bonds. The Labute approximate surface area is 157 Å². The SMILES string of the molecule is O=C(CC(=O)N(Cc1ccccc1)c1ccccc1)Nc1cccc(F)c1. The standard InChI is InChI=1S/C22H19FN2O2/c23-18-10-7-11-19(14-18)24-21(26)15-22(27)25(20-12-5-2-6-13-20)16-17-8-3-1-4-9-17/h1-14H,15-16H2,(H,24,26). The minimum Gasteiger partial charge on any atom is -0.326 e. The van der Waals surface area contributed by atoms with Crippen molar-refractivity contribution in [1.82, 2.24) is 0 Å². The molecule has 0 heterocycles. The number of rotatable bonds is 6. The lowest BCUT2D eigenvalue weighted by molar-refractivity contribution is -0.125. The van der Waals surface area contributed by atoms with Crippen LogP contribution in [0.15, 0.2) is 84.9 Å². The van der Waals surface area contributed by atoms with Crippen LogP contribution in [-0.2, 0) is 16.1 Å². The number of benzene rings is 3. The monoisotopic (exact) mass is 362 g/mol. The van der Waals surface area contributed by atoms with E-state index >= 15 is 0 Å². The molecule has 136 valence electrons. The molecular weight excluding hydrogens is 343 g/mol. The van der Waals surface area contributed by atoms with Crippen LogP contribution in [0.25, 0.3) is 0 Å². The number of anilines is 2. The molecule has 0 spiro atoms. The number of hydrogen-bond donors (Lipinski definition) is 1. The molecule has 3 aromatic carbocycles. The van der Waals surface area contributed by atoms with Gasteiger partial charge in [-0.25, -0.2) is 4.39 Å². The van der Waals surface area contributed by atoms with Gasteiger partial charge in [-0.15, -0.1) is 0 Å². The highest BCUT2D eigenvalue weighted by Crippen LogP contribution is 2.18. The van der Waals surface area contributed by atoms with Gasteiger partial charge in [0.2, 0.25) is 11.8 Å². The summed E-state index contributed by atoms with van der Waals surface area (Å²) in [7, 11) is 0. The van der Waals surface area contributed by atoms with Gasteiger partial charge in [0.1, 0.15) is 12.2 Å². The summed E-state index contributed by atoms with van der Waals surface area (Å²) in [4.78, 5) is 26.6. The Kier molecular flexibility index (Phi) is 5.94. The second kappa shape index (κ2) is 8.76. The summed E-state index contributed by atoms with van der Waals surface area (Å²) >= 11 is 0. The average molecular weight is 362 g/mol. The molecule has 0 saturated carbocycles. The van der Waals surface area contributed by atoms with Crippen molar-refractivity contribution in [2.24, 2.45) is 0 Å². The van der Waals surface area contributed by atoms with Gasteiger partial charge in [0.25, 0.3) is 0 Å². The summed E-state index contributed by atoms with van der Waals surface area (Å²) < 4.78 is 13.2. The van der Waals surface area contributed by atoms with Crippen molar-refractivity contribution < 1.29 is 14.0 Å². The summed E-state index contributed by atoms with van der Waals surface area (Å²) in [6.45, 7) is 0.358. The summed E-state index contributed by atoms with van der Waals surface area (Å²) in [5.41, 5.74) is 1.99. The first-order valence-electron chi connectivity index (χ1n) is 8.56. The third-order valence-electron chi connectivity index (χ3n) is 3.97. The lowest BCUT2D eigenvalue weighted by atomic mass is 10.1. The summed E-state index contributed by atoms with van der Waals surface area (Å²) in [5.74, 6) is -1.27. The third kappa shape index (κ3) is 5.25. The van der Waals surface area contributed by atoms with Crippen LogP contribution in [-0.4, -0.2) is 11.8 Å². The minimum atomic E-state index is -0.486. The van der Waals surface area contributed by atoms with Crippen LogP contribution >= 0.6 is 0 Å². The van der Waals surface area contributed by atoms with E-state index in [-0.39, 0.29) is 12.3 Å². The predicted molar refractivity (Wildman–Crippen MR) is 104 cm³/mol. The smallest absolute Gasteiger partial charge is 0.236 e. The first-order valence-corrected chi connectivity index (χ1v) is 8.56. The van der Waals surface area contributed by atoms with Gasteiger partial charge in [0, 0.05) is 11.4 Å². The van der Waals surface area contributed by atoms with Crippen molar-refractivity contribution in [2.75, 3.05) is 10.2 Å². The van der Waals surface area contributed by atoms with E-state index in [1.807, 2.05) is 60.7 Å². The van der Waals surface area contributed by atoms with E-state index in [4.69, 9.17) is 0 Å². The number of halogens is 1. The minimum absolute atomic E-state index is 0.321. The molecule has 0 atom stereocenters. The number of hydrogen-bond acceptors (Lipinski definition) is 2. The van der Waals surface area contributed by atoms with E-state index in [2.05, 4.69) is 5.32 Å². The number of carbonyl (C=O) groups is 2. The highest BCUT2D eigenvalue weighted by atomic mass is 19.1. The van der Waals surface area contributed by atoms with E-state index in [1.54, 1.807) is 11.0 Å². The topological polar surface area (TPSA) is 49.4 Å². The quantitative estimate of drug-likeness (QED) is 0.661. The van der Waals surface area contributed by atoms with Crippen LogP contribution in [0.1, 0.15) is 12.0 Å². The fourth-order valence-electron chi connectivity index (χ4n) is 2.70. The molecular formula is C22H19FN2O2. The van der Waals surface area contributed by atoms with Crippen molar-refractivity contribution in [3.05, 3.63) is 96.3 Å². The Balaban J connectivity index is 1.73. The van der Waals surface area contributed by atoms with Gasteiger partial charge in [-0.05, 0) is 35.9 Å². The Hall–Kier alpha value is -3.47. The molecule has 4 nitrogen and oxygen atoms in total. The van der Waals surface area contributed by atoms with Crippen molar-refractivity contribution in [1.29, 1.82) is 0 Å². The Morgan fingerprint density at radius 1 is 0.852 bits per heavy atom. The first kappa shape index (κ1) is 18.3. The fraction of sp³-hybridized carbons (Fsp3) is 0.0909. The summed E-state index contributed by atoms with van der Waals surface area (Å²) in [6, 6.07) is 24.3. The highest BCUT2D eigenvalue weighted by Gasteiger charge is 2.19. The lowest BCUT2D eigenvalue weighted by Gasteiger charge is -2.23. The zero-order valence-corrected chi connectivity index (χ0v) is 14.6. The molecule has 0 aliphatic carbocycles. The molecule has 0 saturated heterocycles. The van der Waals surface area contributed by atoms with E-state index in [0.29, 0.717) is 17.9 Å². The van der Waals surface area contributed by atoms with Gasteiger partial charge in [0.05, 0.1) is 6.54 Å². The van der Waals surface area contributed by atoms with E-state index in [0.717, 1.165) is 5.56 Å². The Bertz CT molecular complexity index is 914. The molecule has 0 aliphatic rings. The highest BCUT2D eigenvalue weighted by molar-refractivity contribution is 6.09. The van der Waals surface area contributed by atoms with Crippen molar-refractivity contribution in [3.63, 3.8) is 0 Å². The second-order valence-corrected chi connectivity index (χ2v) is 6.04. The molecule has 27 heavy (non-hydrogen) atoms. The molecule has 0 unspecified atom stereocenters. The predicted octanol–water partition coefficient (Wildman–Crippen LogP) is 4.39.